The first-order valence-corrected chi connectivity index (χ1v) is 8.66. The molecule has 1 heterocycles. The third-order valence-electron chi connectivity index (χ3n) is 4.00. The van der Waals surface area contributed by atoms with Crippen LogP contribution in [0.3, 0.4) is 0 Å². The van der Waals surface area contributed by atoms with E-state index in [1.807, 2.05) is 74.8 Å². The number of nitrogens with one attached hydrogen (secondary N) is 1. The molecule has 0 spiro atoms. The first kappa shape index (κ1) is 17.8. The molecule has 0 fully saturated rings. The maximum Gasteiger partial charge on any atom is 0.274 e. The van der Waals surface area contributed by atoms with Crippen LogP contribution in [0.15, 0.2) is 60.7 Å². The monoisotopic (exact) mass is 349 g/mol. The van der Waals surface area contributed by atoms with Gasteiger partial charge in [-0.05, 0) is 39.2 Å². The Hall–Kier alpha value is -2.99. The first-order chi connectivity index (χ1) is 12.7. The van der Waals surface area contributed by atoms with Crippen LogP contribution >= 0.6 is 0 Å². The maximum absolute atomic E-state index is 12.7. The summed E-state index contributed by atoms with van der Waals surface area (Å²) < 4.78 is 1.71. The zero-order valence-corrected chi connectivity index (χ0v) is 15.1. The van der Waals surface area contributed by atoms with E-state index in [2.05, 4.69) is 20.5 Å². The minimum atomic E-state index is -0.204. The lowest BCUT2D eigenvalue weighted by Crippen LogP contribution is -2.27. The van der Waals surface area contributed by atoms with Crippen LogP contribution in [0.4, 0.5) is 0 Å². The number of nitrogens with zero attached hydrogens (tertiary/aromatic N) is 4. The van der Waals surface area contributed by atoms with E-state index in [-0.39, 0.29) is 5.91 Å². The van der Waals surface area contributed by atoms with Gasteiger partial charge in [0, 0.05) is 12.1 Å². The number of amides is 1. The summed E-state index contributed by atoms with van der Waals surface area (Å²) in [5, 5.41) is 11.4. The van der Waals surface area contributed by atoms with Gasteiger partial charge in [0.25, 0.3) is 5.91 Å². The standard InChI is InChI=1S/C20H23N5O/c1-24(2)15-9-14-21-20(26)18-19(16-10-5-3-6-11-16)25(23-22-18)17-12-7-4-8-13-17/h3-8,10-13H,9,14-15H2,1-2H3,(H,21,26). The molecule has 2 aromatic carbocycles. The molecule has 6 heteroatoms. The first-order valence-electron chi connectivity index (χ1n) is 8.66. The Bertz CT molecular complexity index is 843. The van der Waals surface area contributed by atoms with Crippen molar-refractivity contribution in [3.05, 3.63) is 66.4 Å². The number of hydrogen-bond donors (Lipinski definition) is 1. The maximum atomic E-state index is 12.7. The average Bonchev–Trinajstić information content (AvgIpc) is 3.11. The Balaban J connectivity index is 1.91. The summed E-state index contributed by atoms with van der Waals surface area (Å²) in [4.78, 5) is 14.8. The Morgan fingerprint density at radius 1 is 1.04 bits per heavy atom. The predicted molar refractivity (Wildman–Crippen MR) is 102 cm³/mol. The summed E-state index contributed by atoms with van der Waals surface area (Å²) in [6, 6.07) is 19.5. The van der Waals surface area contributed by atoms with Gasteiger partial charge in [-0.2, -0.15) is 0 Å². The topological polar surface area (TPSA) is 63.1 Å². The van der Waals surface area contributed by atoms with E-state index in [9.17, 15) is 4.79 Å². The fourth-order valence-electron chi connectivity index (χ4n) is 2.72. The van der Waals surface area contributed by atoms with Gasteiger partial charge in [-0.25, -0.2) is 4.68 Å². The largest absolute Gasteiger partial charge is 0.351 e. The summed E-state index contributed by atoms with van der Waals surface area (Å²) in [5.41, 5.74) is 2.80. The highest BCUT2D eigenvalue weighted by Crippen LogP contribution is 2.25. The average molecular weight is 349 g/mol. The van der Waals surface area contributed by atoms with Gasteiger partial charge in [0.05, 0.1) is 5.69 Å². The van der Waals surface area contributed by atoms with Gasteiger partial charge in [-0.15, -0.1) is 5.10 Å². The van der Waals surface area contributed by atoms with E-state index in [1.165, 1.54) is 0 Å². The summed E-state index contributed by atoms with van der Waals surface area (Å²) >= 11 is 0. The molecule has 0 unspecified atom stereocenters. The van der Waals surface area contributed by atoms with Gasteiger partial charge in [0.15, 0.2) is 5.69 Å². The molecular weight excluding hydrogens is 326 g/mol. The highest BCUT2D eigenvalue weighted by atomic mass is 16.2. The number of para-hydroxylation sites is 1. The van der Waals surface area contributed by atoms with E-state index < -0.39 is 0 Å². The van der Waals surface area contributed by atoms with Crippen molar-refractivity contribution >= 4 is 5.91 Å². The Kier molecular flexibility index (Phi) is 5.76. The lowest BCUT2D eigenvalue weighted by atomic mass is 10.1. The van der Waals surface area contributed by atoms with E-state index in [0.717, 1.165) is 24.2 Å². The molecule has 1 aromatic heterocycles. The molecule has 0 atom stereocenters. The molecule has 0 bridgehead atoms. The van der Waals surface area contributed by atoms with E-state index in [1.54, 1.807) is 4.68 Å². The molecule has 0 aliphatic carbocycles. The minimum absolute atomic E-state index is 0.204. The second-order valence-electron chi connectivity index (χ2n) is 6.31. The number of aromatic nitrogens is 3. The SMILES string of the molecule is CN(C)CCCNC(=O)c1nnn(-c2ccccc2)c1-c1ccccc1. The molecular formula is C20H23N5O. The molecule has 26 heavy (non-hydrogen) atoms. The third kappa shape index (κ3) is 4.15. The van der Waals surface area contributed by atoms with Crippen molar-refractivity contribution in [1.29, 1.82) is 0 Å². The molecule has 1 N–H and O–H groups in total. The summed E-state index contributed by atoms with van der Waals surface area (Å²) in [6.07, 6.45) is 0.881. The highest BCUT2D eigenvalue weighted by molar-refractivity contribution is 5.98. The summed E-state index contributed by atoms with van der Waals surface area (Å²) in [6.45, 7) is 1.52. The van der Waals surface area contributed by atoms with Crippen molar-refractivity contribution in [2.24, 2.45) is 0 Å². The molecule has 134 valence electrons. The van der Waals surface area contributed by atoms with Crippen molar-refractivity contribution in [3.8, 4) is 16.9 Å². The zero-order valence-electron chi connectivity index (χ0n) is 15.1. The van der Waals surface area contributed by atoms with Gasteiger partial charge < -0.3 is 10.2 Å². The fourth-order valence-corrected chi connectivity index (χ4v) is 2.72. The Morgan fingerprint density at radius 2 is 1.69 bits per heavy atom. The zero-order chi connectivity index (χ0) is 18.4. The van der Waals surface area contributed by atoms with E-state index in [0.29, 0.717) is 17.9 Å². The van der Waals surface area contributed by atoms with Crippen molar-refractivity contribution < 1.29 is 4.79 Å². The van der Waals surface area contributed by atoms with Gasteiger partial charge in [0.2, 0.25) is 0 Å². The van der Waals surface area contributed by atoms with E-state index in [4.69, 9.17) is 0 Å². The summed E-state index contributed by atoms with van der Waals surface area (Å²) in [7, 11) is 4.03. The van der Waals surface area contributed by atoms with Crippen LogP contribution in [-0.2, 0) is 0 Å². The quantitative estimate of drug-likeness (QED) is 0.666. The number of hydrogen-bond acceptors (Lipinski definition) is 4. The predicted octanol–water partition coefficient (Wildman–Crippen LogP) is 2.62. The normalized spacial score (nSPS) is 10.9. The number of rotatable bonds is 7. The second-order valence-corrected chi connectivity index (χ2v) is 6.31. The minimum Gasteiger partial charge on any atom is -0.351 e. The lowest BCUT2D eigenvalue weighted by Gasteiger charge is -2.10. The smallest absolute Gasteiger partial charge is 0.274 e. The number of benzene rings is 2. The van der Waals surface area contributed by atoms with Crippen molar-refractivity contribution in [2.75, 3.05) is 27.2 Å². The van der Waals surface area contributed by atoms with Crippen molar-refractivity contribution in [1.82, 2.24) is 25.2 Å². The van der Waals surface area contributed by atoms with Gasteiger partial charge >= 0.3 is 0 Å². The molecule has 3 aromatic rings. The van der Waals surface area contributed by atoms with Gasteiger partial charge in [-0.3, -0.25) is 4.79 Å². The molecule has 6 nitrogen and oxygen atoms in total. The number of carbonyl (C=O) groups is 1. The van der Waals surface area contributed by atoms with E-state index >= 15 is 0 Å². The van der Waals surface area contributed by atoms with Crippen LogP contribution < -0.4 is 5.32 Å². The van der Waals surface area contributed by atoms with Crippen LogP contribution in [0.1, 0.15) is 16.9 Å². The highest BCUT2D eigenvalue weighted by Gasteiger charge is 2.21. The molecule has 0 radical (unpaired) electrons. The van der Waals surface area contributed by atoms with Gasteiger partial charge in [0.1, 0.15) is 5.69 Å². The van der Waals surface area contributed by atoms with Crippen molar-refractivity contribution in [3.63, 3.8) is 0 Å². The molecule has 0 saturated carbocycles. The second kappa shape index (κ2) is 8.40. The van der Waals surface area contributed by atoms with Crippen LogP contribution in [0.25, 0.3) is 16.9 Å². The molecule has 0 saturated heterocycles. The molecule has 0 aliphatic heterocycles. The van der Waals surface area contributed by atoms with Crippen LogP contribution in [0.2, 0.25) is 0 Å². The van der Waals surface area contributed by atoms with Crippen molar-refractivity contribution in [2.45, 2.75) is 6.42 Å². The third-order valence-corrected chi connectivity index (χ3v) is 4.00. The lowest BCUT2D eigenvalue weighted by molar-refractivity contribution is 0.0948. The Morgan fingerprint density at radius 3 is 2.35 bits per heavy atom. The molecule has 3 rings (SSSR count). The Labute approximate surface area is 153 Å². The van der Waals surface area contributed by atoms with Crippen LogP contribution in [-0.4, -0.2) is 53.0 Å². The summed E-state index contributed by atoms with van der Waals surface area (Å²) in [5.74, 6) is -0.204. The molecule has 1 amide bonds. The van der Waals surface area contributed by atoms with Gasteiger partial charge in [-0.1, -0.05) is 53.7 Å². The fraction of sp³-hybridized carbons (Fsp3) is 0.250. The molecule has 0 aliphatic rings. The van der Waals surface area contributed by atoms with Crippen LogP contribution in [0, 0.1) is 0 Å². The van der Waals surface area contributed by atoms with Crippen LogP contribution in [0.5, 0.6) is 0 Å². The number of carbonyl (C=O) groups excluding carboxylic acids is 1.